The molecule has 0 bridgehead atoms. The lowest BCUT2D eigenvalue weighted by atomic mass is 10.1. The van der Waals surface area contributed by atoms with Crippen molar-refractivity contribution in [1.29, 1.82) is 0 Å². The molecule has 0 aromatic carbocycles. The molecule has 4 rings (SSSR count). The van der Waals surface area contributed by atoms with Gasteiger partial charge in [-0.15, -0.1) is 10.2 Å². The summed E-state index contributed by atoms with van der Waals surface area (Å²) in [7, 11) is 0. The molecule has 128 valence electrons. The number of hydrogen-bond acceptors (Lipinski definition) is 7. The number of nitrogens with zero attached hydrogens (tertiary/aromatic N) is 7. The Kier molecular flexibility index (Phi) is 4.07. The van der Waals surface area contributed by atoms with Gasteiger partial charge in [0.2, 0.25) is 11.7 Å². The van der Waals surface area contributed by atoms with Crippen LogP contribution in [0.25, 0.3) is 5.82 Å². The van der Waals surface area contributed by atoms with E-state index >= 15 is 0 Å². The SMILES string of the molecule is O=C(c1ncn[nH]1)N1CCC(Oc2ccc(-n3cccn3)nn2)CC1. The lowest BCUT2D eigenvalue weighted by Crippen LogP contribution is -2.42. The summed E-state index contributed by atoms with van der Waals surface area (Å²) in [5.74, 6) is 1.22. The molecule has 10 heteroatoms. The first-order valence-corrected chi connectivity index (χ1v) is 7.94. The Balaban J connectivity index is 1.32. The van der Waals surface area contributed by atoms with Gasteiger partial charge in [0.25, 0.3) is 5.91 Å². The van der Waals surface area contributed by atoms with Crippen LogP contribution in [0.5, 0.6) is 5.88 Å². The minimum atomic E-state index is -0.140. The van der Waals surface area contributed by atoms with Gasteiger partial charge in [-0.25, -0.2) is 9.67 Å². The van der Waals surface area contributed by atoms with Gasteiger partial charge >= 0.3 is 0 Å². The summed E-state index contributed by atoms with van der Waals surface area (Å²) in [5, 5.41) is 18.6. The van der Waals surface area contributed by atoms with E-state index in [2.05, 4.69) is 30.5 Å². The topological polar surface area (TPSA) is 115 Å². The second kappa shape index (κ2) is 6.67. The molecule has 25 heavy (non-hydrogen) atoms. The van der Waals surface area contributed by atoms with Crippen LogP contribution in [0.1, 0.15) is 23.5 Å². The van der Waals surface area contributed by atoms with Crippen LogP contribution in [0.2, 0.25) is 0 Å². The average molecular weight is 340 g/mol. The van der Waals surface area contributed by atoms with Crippen molar-refractivity contribution in [2.75, 3.05) is 13.1 Å². The van der Waals surface area contributed by atoms with Gasteiger partial charge in [0.15, 0.2) is 5.82 Å². The number of likely N-dealkylation sites (tertiary alicyclic amines) is 1. The standard InChI is InChI=1S/C15H16N8O2/c24-15(14-16-10-17-21-14)22-8-4-11(5-9-22)25-13-3-2-12(19-20-13)23-7-1-6-18-23/h1-3,6-7,10-11H,4-5,8-9H2,(H,16,17,21). The van der Waals surface area contributed by atoms with Crippen LogP contribution in [0.15, 0.2) is 36.9 Å². The molecule has 0 atom stereocenters. The third kappa shape index (κ3) is 3.32. The second-order valence-electron chi connectivity index (χ2n) is 5.62. The number of nitrogens with one attached hydrogen (secondary N) is 1. The summed E-state index contributed by atoms with van der Waals surface area (Å²) in [6, 6.07) is 5.40. The van der Waals surface area contributed by atoms with Gasteiger partial charge in [0.1, 0.15) is 12.4 Å². The number of aromatic nitrogens is 7. The summed E-state index contributed by atoms with van der Waals surface area (Å²) < 4.78 is 7.50. The highest BCUT2D eigenvalue weighted by atomic mass is 16.5. The monoisotopic (exact) mass is 340 g/mol. The molecule has 0 unspecified atom stereocenters. The highest BCUT2D eigenvalue weighted by Crippen LogP contribution is 2.18. The van der Waals surface area contributed by atoms with Crippen molar-refractivity contribution in [3.05, 3.63) is 42.7 Å². The Labute approximate surface area is 142 Å². The smallest absolute Gasteiger partial charge is 0.291 e. The number of hydrogen-bond donors (Lipinski definition) is 1. The first-order valence-electron chi connectivity index (χ1n) is 7.94. The highest BCUT2D eigenvalue weighted by molar-refractivity contribution is 5.90. The summed E-state index contributed by atoms with van der Waals surface area (Å²) in [4.78, 5) is 17.8. The largest absolute Gasteiger partial charge is 0.473 e. The van der Waals surface area contributed by atoms with E-state index in [9.17, 15) is 4.79 Å². The van der Waals surface area contributed by atoms with Crippen molar-refractivity contribution in [3.8, 4) is 11.7 Å². The van der Waals surface area contributed by atoms with E-state index in [0.717, 1.165) is 12.8 Å². The predicted molar refractivity (Wildman–Crippen MR) is 85.1 cm³/mol. The molecule has 0 spiro atoms. The van der Waals surface area contributed by atoms with Crippen LogP contribution >= 0.6 is 0 Å². The maximum atomic E-state index is 12.2. The zero-order valence-corrected chi connectivity index (χ0v) is 13.3. The fraction of sp³-hybridized carbons (Fsp3) is 0.333. The third-order valence-corrected chi connectivity index (χ3v) is 4.00. The van der Waals surface area contributed by atoms with Gasteiger partial charge in [-0.3, -0.25) is 9.89 Å². The quantitative estimate of drug-likeness (QED) is 0.734. The molecular weight excluding hydrogens is 324 g/mol. The normalized spacial score (nSPS) is 15.3. The summed E-state index contributed by atoms with van der Waals surface area (Å²) >= 11 is 0. The van der Waals surface area contributed by atoms with Gasteiger partial charge < -0.3 is 9.64 Å². The Hall–Kier alpha value is -3.30. The van der Waals surface area contributed by atoms with Crippen molar-refractivity contribution in [2.24, 2.45) is 0 Å². The van der Waals surface area contributed by atoms with Crippen molar-refractivity contribution in [1.82, 2.24) is 40.1 Å². The molecule has 4 heterocycles. The zero-order valence-electron chi connectivity index (χ0n) is 13.3. The molecule has 1 amide bonds. The van der Waals surface area contributed by atoms with Crippen molar-refractivity contribution < 1.29 is 9.53 Å². The number of carbonyl (C=O) groups excluding carboxylic acids is 1. The number of carbonyl (C=O) groups is 1. The minimum absolute atomic E-state index is 0.00336. The molecule has 1 aliphatic rings. The van der Waals surface area contributed by atoms with Crippen molar-refractivity contribution in [2.45, 2.75) is 18.9 Å². The number of amides is 1. The van der Waals surface area contributed by atoms with Crippen LogP contribution in [-0.2, 0) is 0 Å². The number of rotatable bonds is 4. The lowest BCUT2D eigenvalue weighted by molar-refractivity contribution is 0.0575. The first kappa shape index (κ1) is 15.2. The minimum Gasteiger partial charge on any atom is -0.473 e. The summed E-state index contributed by atoms with van der Waals surface area (Å²) in [6.07, 6.45) is 6.26. The maximum absolute atomic E-state index is 12.2. The average Bonchev–Trinajstić information content (AvgIpc) is 3.36. The van der Waals surface area contributed by atoms with E-state index < -0.39 is 0 Å². The third-order valence-electron chi connectivity index (χ3n) is 4.00. The first-order chi connectivity index (χ1) is 12.3. The number of piperidine rings is 1. The van der Waals surface area contributed by atoms with E-state index in [-0.39, 0.29) is 17.8 Å². The summed E-state index contributed by atoms with van der Waals surface area (Å²) in [5.41, 5.74) is 0. The van der Waals surface area contributed by atoms with E-state index in [1.165, 1.54) is 6.33 Å². The van der Waals surface area contributed by atoms with Crippen molar-refractivity contribution >= 4 is 5.91 Å². The van der Waals surface area contributed by atoms with Crippen LogP contribution < -0.4 is 4.74 Å². The molecule has 0 aliphatic carbocycles. The molecule has 3 aromatic rings. The molecule has 10 nitrogen and oxygen atoms in total. The maximum Gasteiger partial charge on any atom is 0.291 e. The Morgan fingerprint density at radius 1 is 1.24 bits per heavy atom. The summed E-state index contributed by atoms with van der Waals surface area (Å²) in [6.45, 7) is 1.20. The van der Waals surface area contributed by atoms with E-state index in [0.29, 0.717) is 24.8 Å². The molecule has 3 aromatic heterocycles. The molecule has 1 N–H and O–H groups in total. The van der Waals surface area contributed by atoms with E-state index in [1.807, 2.05) is 6.07 Å². The van der Waals surface area contributed by atoms with Crippen LogP contribution in [0, 0.1) is 0 Å². The van der Waals surface area contributed by atoms with Crippen LogP contribution in [0.4, 0.5) is 0 Å². The van der Waals surface area contributed by atoms with Gasteiger partial charge in [-0.1, -0.05) is 0 Å². The molecule has 1 saturated heterocycles. The number of ether oxygens (including phenoxy) is 1. The lowest BCUT2D eigenvalue weighted by Gasteiger charge is -2.31. The van der Waals surface area contributed by atoms with Gasteiger partial charge in [0, 0.05) is 44.4 Å². The van der Waals surface area contributed by atoms with Gasteiger partial charge in [0.05, 0.1) is 0 Å². The predicted octanol–water partition coefficient (Wildman–Crippen LogP) is 0.464. The molecule has 1 aliphatic heterocycles. The molecule has 0 radical (unpaired) electrons. The number of H-pyrrole nitrogens is 1. The Morgan fingerprint density at radius 2 is 2.12 bits per heavy atom. The van der Waals surface area contributed by atoms with Crippen molar-refractivity contribution in [3.63, 3.8) is 0 Å². The fourth-order valence-electron chi connectivity index (χ4n) is 2.71. The molecule has 0 saturated carbocycles. The Bertz CT molecular complexity index is 808. The fourth-order valence-corrected chi connectivity index (χ4v) is 2.71. The van der Waals surface area contributed by atoms with Gasteiger partial charge in [-0.2, -0.15) is 10.2 Å². The Morgan fingerprint density at radius 3 is 2.76 bits per heavy atom. The second-order valence-corrected chi connectivity index (χ2v) is 5.62. The van der Waals surface area contributed by atoms with Crippen LogP contribution in [-0.4, -0.2) is 65.2 Å². The van der Waals surface area contributed by atoms with E-state index in [1.54, 1.807) is 34.1 Å². The zero-order chi connectivity index (χ0) is 17.1. The highest BCUT2D eigenvalue weighted by Gasteiger charge is 2.26. The van der Waals surface area contributed by atoms with Crippen LogP contribution in [0.3, 0.4) is 0 Å². The number of aromatic amines is 1. The van der Waals surface area contributed by atoms with Gasteiger partial charge in [-0.05, 0) is 12.1 Å². The van der Waals surface area contributed by atoms with E-state index in [4.69, 9.17) is 4.74 Å². The molecule has 1 fully saturated rings. The molecular formula is C15H16N8O2.